The van der Waals surface area contributed by atoms with Gasteiger partial charge in [-0.2, -0.15) is 0 Å². The summed E-state index contributed by atoms with van der Waals surface area (Å²) in [4.78, 5) is 16.6. The minimum Gasteiger partial charge on any atom is -0.508 e. The van der Waals surface area contributed by atoms with E-state index in [9.17, 15) is 9.90 Å². The molecular weight excluding hydrogens is 298 g/mol. The van der Waals surface area contributed by atoms with Gasteiger partial charge < -0.3 is 14.6 Å². The average Bonchev–Trinajstić information content (AvgIpc) is 2.85. The summed E-state index contributed by atoms with van der Waals surface area (Å²) >= 11 is 1.28. The van der Waals surface area contributed by atoms with Crippen molar-refractivity contribution in [2.75, 3.05) is 37.6 Å². The molecule has 3 rings (SSSR count). The van der Waals surface area contributed by atoms with Crippen molar-refractivity contribution in [2.45, 2.75) is 13.5 Å². The maximum absolute atomic E-state index is 11.7. The lowest BCUT2D eigenvalue weighted by atomic mass is 10.2. The first-order chi connectivity index (χ1) is 10.6. The van der Waals surface area contributed by atoms with E-state index in [1.54, 1.807) is 12.1 Å². The number of thiazole rings is 1. The molecule has 0 aliphatic carbocycles. The molecule has 118 valence electrons. The molecule has 1 aromatic carbocycles. The van der Waals surface area contributed by atoms with Crippen molar-refractivity contribution in [1.29, 1.82) is 0 Å². The van der Waals surface area contributed by atoms with Gasteiger partial charge >= 0.3 is 4.87 Å². The Bertz CT molecular complexity index is 669. The lowest BCUT2D eigenvalue weighted by molar-refractivity contribution is 0.247. The van der Waals surface area contributed by atoms with Crippen LogP contribution in [0, 0.1) is 6.92 Å². The van der Waals surface area contributed by atoms with E-state index in [0.29, 0.717) is 5.75 Å². The Morgan fingerprint density at radius 2 is 1.77 bits per heavy atom. The molecule has 2 aromatic rings. The van der Waals surface area contributed by atoms with E-state index in [-0.39, 0.29) is 4.87 Å². The van der Waals surface area contributed by atoms with Crippen molar-refractivity contribution in [3.8, 4) is 5.75 Å². The highest BCUT2D eigenvalue weighted by molar-refractivity contribution is 7.07. The van der Waals surface area contributed by atoms with E-state index in [4.69, 9.17) is 0 Å². The van der Waals surface area contributed by atoms with Crippen LogP contribution in [0.2, 0.25) is 0 Å². The van der Waals surface area contributed by atoms with Gasteiger partial charge in [0.15, 0.2) is 0 Å². The van der Waals surface area contributed by atoms with Crippen LogP contribution < -0.4 is 9.77 Å². The molecule has 6 heteroatoms. The Morgan fingerprint density at radius 3 is 2.36 bits per heavy atom. The Kier molecular flexibility index (Phi) is 4.49. The van der Waals surface area contributed by atoms with Gasteiger partial charge in [0.2, 0.25) is 0 Å². The Labute approximate surface area is 134 Å². The Hall–Kier alpha value is -1.79. The van der Waals surface area contributed by atoms with E-state index >= 15 is 0 Å². The van der Waals surface area contributed by atoms with Crippen molar-refractivity contribution in [2.24, 2.45) is 0 Å². The van der Waals surface area contributed by atoms with Gasteiger partial charge in [0.05, 0.1) is 0 Å². The number of nitrogens with zero attached hydrogens (tertiary/aromatic N) is 3. The fourth-order valence-corrected chi connectivity index (χ4v) is 3.57. The van der Waals surface area contributed by atoms with E-state index in [1.807, 2.05) is 29.0 Å². The summed E-state index contributed by atoms with van der Waals surface area (Å²) in [6.45, 7) is 7.62. The molecule has 2 heterocycles. The highest BCUT2D eigenvalue weighted by Gasteiger charge is 2.17. The number of phenolic OH excluding ortho intramolecular Hbond substituents is 1. The fourth-order valence-electron chi connectivity index (χ4n) is 2.81. The average molecular weight is 319 g/mol. The quantitative estimate of drug-likeness (QED) is 0.933. The molecule has 0 atom stereocenters. The number of benzene rings is 1. The van der Waals surface area contributed by atoms with Gasteiger partial charge in [0, 0.05) is 56.0 Å². The topological polar surface area (TPSA) is 48.7 Å². The number of aryl methyl sites for hydroxylation is 1. The zero-order chi connectivity index (χ0) is 15.5. The smallest absolute Gasteiger partial charge is 0.307 e. The molecule has 1 fully saturated rings. The number of hydrogen-bond acceptors (Lipinski definition) is 5. The first kappa shape index (κ1) is 15.1. The lowest BCUT2D eigenvalue weighted by Gasteiger charge is -2.36. The highest BCUT2D eigenvalue weighted by Crippen LogP contribution is 2.19. The van der Waals surface area contributed by atoms with Crippen LogP contribution >= 0.6 is 11.3 Å². The van der Waals surface area contributed by atoms with Gasteiger partial charge in [-0.25, -0.2) is 0 Å². The first-order valence-corrected chi connectivity index (χ1v) is 8.43. The normalized spacial score (nSPS) is 16.1. The third-order valence-electron chi connectivity index (χ3n) is 4.20. The van der Waals surface area contributed by atoms with Crippen LogP contribution in [0.5, 0.6) is 5.75 Å². The largest absolute Gasteiger partial charge is 0.508 e. The van der Waals surface area contributed by atoms with Crippen LogP contribution in [0.3, 0.4) is 0 Å². The summed E-state index contributed by atoms with van der Waals surface area (Å²) in [6.07, 6.45) is 0. The van der Waals surface area contributed by atoms with Crippen molar-refractivity contribution in [3.63, 3.8) is 0 Å². The van der Waals surface area contributed by atoms with Crippen molar-refractivity contribution >= 4 is 17.0 Å². The number of rotatable bonds is 4. The second-order valence-corrected chi connectivity index (χ2v) is 6.46. The Morgan fingerprint density at radius 1 is 1.09 bits per heavy atom. The van der Waals surface area contributed by atoms with Gasteiger partial charge in [-0.3, -0.25) is 9.69 Å². The molecule has 0 amide bonds. The van der Waals surface area contributed by atoms with Crippen LogP contribution in [0.25, 0.3) is 0 Å². The van der Waals surface area contributed by atoms with Gasteiger partial charge in [-0.1, -0.05) is 11.3 Å². The second-order valence-electron chi connectivity index (χ2n) is 5.64. The summed E-state index contributed by atoms with van der Waals surface area (Å²) in [5.74, 6) is 0.305. The summed E-state index contributed by atoms with van der Waals surface area (Å²) in [7, 11) is 0. The monoisotopic (exact) mass is 319 g/mol. The number of aromatic hydroxyl groups is 1. The summed E-state index contributed by atoms with van der Waals surface area (Å²) < 4.78 is 1.86. The predicted octanol–water partition coefficient (Wildman–Crippen LogP) is 1.75. The van der Waals surface area contributed by atoms with Gasteiger partial charge in [-0.05, 0) is 31.2 Å². The predicted molar refractivity (Wildman–Crippen MR) is 90.1 cm³/mol. The van der Waals surface area contributed by atoms with Gasteiger partial charge in [0.1, 0.15) is 5.75 Å². The third-order valence-corrected chi connectivity index (χ3v) is 5.08. The van der Waals surface area contributed by atoms with Crippen LogP contribution in [0.4, 0.5) is 5.69 Å². The molecule has 0 radical (unpaired) electrons. The molecule has 1 aliphatic rings. The molecule has 1 N–H and O–H groups in total. The maximum atomic E-state index is 11.7. The SMILES string of the molecule is Cc1csc(=O)n1CCN1CCN(c2ccc(O)cc2)CC1. The first-order valence-electron chi connectivity index (χ1n) is 7.55. The molecule has 22 heavy (non-hydrogen) atoms. The molecular formula is C16H21N3O2S. The van der Waals surface area contributed by atoms with E-state index in [1.165, 1.54) is 11.3 Å². The summed E-state index contributed by atoms with van der Waals surface area (Å²) in [5.41, 5.74) is 2.21. The van der Waals surface area contributed by atoms with Crippen molar-refractivity contribution in [1.82, 2.24) is 9.47 Å². The zero-order valence-corrected chi connectivity index (χ0v) is 13.6. The second kappa shape index (κ2) is 6.54. The lowest BCUT2D eigenvalue weighted by Crippen LogP contribution is -2.47. The van der Waals surface area contributed by atoms with Crippen LogP contribution in [-0.2, 0) is 6.54 Å². The highest BCUT2D eigenvalue weighted by atomic mass is 32.1. The van der Waals surface area contributed by atoms with Crippen molar-refractivity contribution < 1.29 is 5.11 Å². The van der Waals surface area contributed by atoms with Crippen LogP contribution in [0.1, 0.15) is 5.69 Å². The molecule has 1 aliphatic heterocycles. The third kappa shape index (κ3) is 3.34. The maximum Gasteiger partial charge on any atom is 0.307 e. The number of phenols is 1. The van der Waals surface area contributed by atoms with Crippen LogP contribution in [0.15, 0.2) is 34.4 Å². The van der Waals surface area contributed by atoms with E-state index < -0.39 is 0 Å². The Balaban J connectivity index is 1.51. The van der Waals surface area contributed by atoms with E-state index in [2.05, 4.69) is 9.80 Å². The molecule has 5 nitrogen and oxygen atoms in total. The number of hydrogen-bond donors (Lipinski definition) is 1. The molecule has 0 unspecified atom stereocenters. The zero-order valence-electron chi connectivity index (χ0n) is 12.7. The minimum absolute atomic E-state index is 0.139. The molecule has 0 saturated carbocycles. The van der Waals surface area contributed by atoms with Gasteiger partial charge in [-0.15, -0.1) is 0 Å². The van der Waals surface area contributed by atoms with Gasteiger partial charge in [0.25, 0.3) is 0 Å². The number of anilines is 1. The molecule has 0 spiro atoms. The van der Waals surface area contributed by atoms with Crippen LogP contribution in [-0.4, -0.2) is 47.3 Å². The molecule has 0 bridgehead atoms. The summed E-state index contributed by atoms with van der Waals surface area (Å²) in [5, 5.41) is 11.3. The molecule has 1 aromatic heterocycles. The number of piperazine rings is 1. The number of aromatic nitrogens is 1. The fraction of sp³-hybridized carbons (Fsp3) is 0.438. The molecule has 1 saturated heterocycles. The standard InChI is InChI=1S/C16H21N3O2S/c1-13-12-22-16(21)19(13)11-8-17-6-9-18(10-7-17)14-2-4-15(20)5-3-14/h2-5,12,20H,6-11H2,1H3. The van der Waals surface area contributed by atoms with E-state index in [0.717, 1.165) is 50.6 Å². The minimum atomic E-state index is 0.139. The summed E-state index contributed by atoms with van der Waals surface area (Å²) in [6, 6.07) is 7.37. The van der Waals surface area contributed by atoms with Crippen molar-refractivity contribution in [3.05, 3.63) is 45.0 Å².